The van der Waals surface area contributed by atoms with E-state index in [0.29, 0.717) is 12.5 Å². The van der Waals surface area contributed by atoms with E-state index in [1.807, 2.05) is 27.7 Å². The number of carbonyl (C=O) groups is 1. The summed E-state index contributed by atoms with van der Waals surface area (Å²) in [7, 11) is 0. The van der Waals surface area contributed by atoms with Gasteiger partial charge in [0.15, 0.2) is 0 Å². The first-order chi connectivity index (χ1) is 10.9. The van der Waals surface area contributed by atoms with Gasteiger partial charge in [0, 0.05) is 6.61 Å². The Morgan fingerprint density at radius 3 is 2.74 bits per heavy atom. The molecule has 0 aromatic rings. The van der Waals surface area contributed by atoms with Crippen molar-refractivity contribution in [3.63, 3.8) is 0 Å². The normalized spacial score (nSPS) is 31.3. The molecule has 23 heavy (non-hydrogen) atoms. The SMILES string of the molecule is CCOC1CC(NC(=O)OC(C)(C)C)C1NCC1CCCNC1. The van der Waals surface area contributed by atoms with Gasteiger partial charge >= 0.3 is 6.09 Å². The van der Waals surface area contributed by atoms with E-state index in [1.165, 1.54) is 12.8 Å². The quantitative estimate of drug-likeness (QED) is 0.692. The van der Waals surface area contributed by atoms with E-state index in [0.717, 1.165) is 26.1 Å². The van der Waals surface area contributed by atoms with Crippen LogP contribution >= 0.6 is 0 Å². The van der Waals surface area contributed by atoms with Crippen LogP contribution in [0.15, 0.2) is 0 Å². The molecule has 4 unspecified atom stereocenters. The first-order valence-corrected chi connectivity index (χ1v) is 8.94. The molecule has 6 heteroatoms. The van der Waals surface area contributed by atoms with E-state index in [9.17, 15) is 4.79 Å². The number of ether oxygens (including phenoxy) is 2. The van der Waals surface area contributed by atoms with Crippen molar-refractivity contribution in [2.24, 2.45) is 5.92 Å². The number of alkyl carbamates (subject to hydrolysis) is 1. The van der Waals surface area contributed by atoms with Crippen LogP contribution in [0.3, 0.4) is 0 Å². The maximum Gasteiger partial charge on any atom is 0.407 e. The zero-order valence-electron chi connectivity index (χ0n) is 15.0. The minimum atomic E-state index is -0.468. The average Bonchev–Trinajstić information content (AvgIpc) is 2.45. The Kier molecular flexibility index (Phi) is 6.68. The Bertz CT molecular complexity index is 378. The standard InChI is InChI=1S/C17H33N3O3/c1-5-22-14-9-13(20-16(21)23-17(2,3)4)15(14)19-11-12-7-6-8-18-10-12/h12-15,18-19H,5-11H2,1-4H3,(H,20,21). The van der Waals surface area contributed by atoms with Crippen molar-refractivity contribution in [2.75, 3.05) is 26.2 Å². The van der Waals surface area contributed by atoms with Gasteiger partial charge in [-0.1, -0.05) is 0 Å². The summed E-state index contributed by atoms with van der Waals surface area (Å²) < 4.78 is 11.1. The highest BCUT2D eigenvalue weighted by atomic mass is 16.6. The summed E-state index contributed by atoms with van der Waals surface area (Å²) in [5, 5.41) is 10.0. The number of hydrogen-bond donors (Lipinski definition) is 3. The largest absolute Gasteiger partial charge is 0.444 e. The fourth-order valence-electron chi connectivity index (χ4n) is 3.27. The van der Waals surface area contributed by atoms with Gasteiger partial charge in [0.05, 0.1) is 18.2 Å². The number of piperidine rings is 1. The third-order valence-electron chi connectivity index (χ3n) is 4.44. The van der Waals surface area contributed by atoms with Crippen LogP contribution in [-0.2, 0) is 9.47 Å². The Morgan fingerprint density at radius 2 is 2.13 bits per heavy atom. The van der Waals surface area contributed by atoms with E-state index in [-0.39, 0.29) is 24.3 Å². The second-order valence-electron chi connectivity index (χ2n) is 7.63. The van der Waals surface area contributed by atoms with Gasteiger partial charge in [-0.3, -0.25) is 0 Å². The number of nitrogens with one attached hydrogen (secondary N) is 3. The summed E-state index contributed by atoms with van der Waals surface area (Å²) in [6.07, 6.45) is 3.18. The van der Waals surface area contributed by atoms with E-state index < -0.39 is 5.60 Å². The minimum Gasteiger partial charge on any atom is -0.444 e. The lowest BCUT2D eigenvalue weighted by molar-refractivity contribution is -0.0443. The molecule has 0 aromatic heterocycles. The van der Waals surface area contributed by atoms with Crippen molar-refractivity contribution in [1.82, 2.24) is 16.0 Å². The predicted molar refractivity (Wildman–Crippen MR) is 90.6 cm³/mol. The second-order valence-corrected chi connectivity index (χ2v) is 7.63. The Morgan fingerprint density at radius 1 is 1.35 bits per heavy atom. The summed E-state index contributed by atoms with van der Waals surface area (Å²) in [6, 6.07) is 0.252. The van der Waals surface area contributed by atoms with Crippen LogP contribution in [-0.4, -0.2) is 56.1 Å². The maximum absolute atomic E-state index is 12.0. The van der Waals surface area contributed by atoms with Crippen molar-refractivity contribution in [1.29, 1.82) is 0 Å². The Hall–Kier alpha value is -0.850. The molecule has 1 aliphatic heterocycles. The minimum absolute atomic E-state index is 0.0814. The van der Waals surface area contributed by atoms with E-state index in [4.69, 9.17) is 9.47 Å². The highest BCUT2D eigenvalue weighted by Gasteiger charge is 2.43. The molecule has 1 saturated heterocycles. The lowest BCUT2D eigenvalue weighted by atomic mass is 9.82. The summed E-state index contributed by atoms with van der Waals surface area (Å²) in [6.45, 7) is 11.5. The van der Waals surface area contributed by atoms with Crippen LogP contribution in [0.1, 0.15) is 47.0 Å². The van der Waals surface area contributed by atoms with Crippen LogP contribution in [0, 0.1) is 5.92 Å². The fraction of sp³-hybridized carbons (Fsp3) is 0.941. The topological polar surface area (TPSA) is 71.6 Å². The third kappa shape index (κ3) is 5.94. The molecule has 0 bridgehead atoms. The van der Waals surface area contributed by atoms with E-state index >= 15 is 0 Å². The summed E-state index contributed by atoms with van der Waals surface area (Å²) in [5.41, 5.74) is -0.468. The molecular formula is C17H33N3O3. The van der Waals surface area contributed by atoms with Crippen LogP contribution in [0.2, 0.25) is 0 Å². The molecule has 1 heterocycles. The molecule has 0 aromatic carbocycles. The predicted octanol–water partition coefficient (Wildman–Crippen LogP) is 1.65. The molecule has 0 radical (unpaired) electrons. The van der Waals surface area contributed by atoms with E-state index in [1.54, 1.807) is 0 Å². The van der Waals surface area contributed by atoms with Crippen LogP contribution in [0.5, 0.6) is 0 Å². The molecule has 134 valence electrons. The summed E-state index contributed by atoms with van der Waals surface area (Å²) >= 11 is 0. The smallest absolute Gasteiger partial charge is 0.407 e. The van der Waals surface area contributed by atoms with Gasteiger partial charge in [0.25, 0.3) is 0 Å². The summed E-state index contributed by atoms with van der Waals surface area (Å²) in [5.74, 6) is 0.661. The first-order valence-electron chi connectivity index (χ1n) is 8.94. The Labute approximate surface area is 140 Å². The Balaban J connectivity index is 1.80. The molecule has 3 N–H and O–H groups in total. The number of hydrogen-bond acceptors (Lipinski definition) is 5. The van der Waals surface area contributed by atoms with Gasteiger partial charge in [-0.15, -0.1) is 0 Å². The van der Waals surface area contributed by atoms with Crippen molar-refractivity contribution in [3.8, 4) is 0 Å². The first kappa shape index (κ1) is 18.5. The number of rotatable bonds is 6. The molecule has 0 spiro atoms. The van der Waals surface area contributed by atoms with Gasteiger partial charge < -0.3 is 25.4 Å². The highest BCUT2D eigenvalue weighted by molar-refractivity contribution is 5.68. The van der Waals surface area contributed by atoms with Crippen LogP contribution in [0.4, 0.5) is 4.79 Å². The van der Waals surface area contributed by atoms with E-state index in [2.05, 4.69) is 16.0 Å². The van der Waals surface area contributed by atoms with Gasteiger partial charge in [-0.05, 0) is 72.5 Å². The van der Waals surface area contributed by atoms with Crippen molar-refractivity contribution >= 4 is 6.09 Å². The molecule has 1 amide bonds. The molecule has 2 rings (SSSR count). The van der Waals surface area contributed by atoms with Gasteiger partial charge in [0.1, 0.15) is 5.60 Å². The molecule has 1 aliphatic carbocycles. The molecule has 2 aliphatic rings. The van der Waals surface area contributed by atoms with Crippen molar-refractivity contribution in [3.05, 3.63) is 0 Å². The van der Waals surface area contributed by atoms with Gasteiger partial charge in [-0.2, -0.15) is 0 Å². The van der Waals surface area contributed by atoms with Crippen molar-refractivity contribution in [2.45, 2.75) is 70.7 Å². The lowest BCUT2D eigenvalue weighted by Gasteiger charge is -2.45. The molecular weight excluding hydrogens is 294 g/mol. The van der Waals surface area contributed by atoms with Crippen LogP contribution in [0.25, 0.3) is 0 Å². The fourth-order valence-corrected chi connectivity index (χ4v) is 3.27. The lowest BCUT2D eigenvalue weighted by Crippen LogP contribution is -2.66. The summed E-state index contributed by atoms with van der Waals surface area (Å²) in [4.78, 5) is 12.0. The molecule has 6 nitrogen and oxygen atoms in total. The maximum atomic E-state index is 12.0. The van der Waals surface area contributed by atoms with Gasteiger partial charge in [-0.25, -0.2) is 4.79 Å². The zero-order chi connectivity index (χ0) is 16.9. The monoisotopic (exact) mass is 327 g/mol. The average molecular weight is 327 g/mol. The van der Waals surface area contributed by atoms with Gasteiger partial charge in [0.2, 0.25) is 0 Å². The molecule has 1 saturated carbocycles. The number of carbonyl (C=O) groups excluding carboxylic acids is 1. The second kappa shape index (κ2) is 8.31. The third-order valence-corrected chi connectivity index (χ3v) is 4.44. The molecule has 4 atom stereocenters. The van der Waals surface area contributed by atoms with Crippen LogP contribution < -0.4 is 16.0 Å². The number of amides is 1. The molecule has 2 fully saturated rings. The highest BCUT2D eigenvalue weighted by Crippen LogP contribution is 2.25. The zero-order valence-corrected chi connectivity index (χ0v) is 15.0. The van der Waals surface area contributed by atoms with Crippen molar-refractivity contribution < 1.29 is 14.3 Å².